The molecule has 0 aromatic heterocycles. The van der Waals surface area contributed by atoms with Crippen LogP contribution in [0.2, 0.25) is 0 Å². The van der Waals surface area contributed by atoms with Gasteiger partial charge in [0.2, 0.25) is 0 Å². The Morgan fingerprint density at radius 1 is 0.455 bits per heavy atom. The third-order valence-corrected chi connectivity index (χ3v) is 13.5. The molecular formula is C54H104NO10P. The lowest BCUT2D eigenvalue weighted by atomic mass is 10.0. The van der Waals surface area contributed by atoms with E-state index in [9.17, 15) is 23.8 Å². The number of nitrogens with two attached hydrogens (primary N) is 1. The summed E-state index contributed by atoms with van der Waals surface area (Å²) < 4.78 is 32.9. The molecule has 4 N–H and O–H groups in total. The minimum atomic E-state index is -4.72. The van der Waals surface area contributed by atoms with Gasteiger partial charge in [-0.05, 0) is 38.5 Å². The molecule has 0 aromatic carbocycles. The number of carboxylic acid groups (broad SMARTS) is 1. The van der Waals surface area contributed by atoms with E-state index in [1.165, 1.54) is 205 Å². The maximum absolute atomic E-state index is 12.7. The lowest BCUT2D eigenvalue weighted by molar-refractivity contribution is -0.161. The normalized spacial score (nSPS) is 13.5. The number of unbranched alkanes of at least 4 members (excludes halogenated alkanes) is 37. The van der Waals surface area contributed by atoms with Crippen LogP contribution in [0.15, 0.2) is 12.2 Å². The molecule has 0 fully saturated rings. The predicted octanol–water partition coefficient (Wildman–Crippen LogP) is 16.0. The molecule has 0 amide bonds. The number of carbonyl (C=O) groups is 3. The minimum Gasteiger partial charge on any atom is -0.480 e. The molecule has 0 aliphatic rings. The molecule has 0 bridgehead atoms. The summed E-state index contributed by atoms with van der Waals surface area (Å²) in [4.78, 5) is 46.3. The van der Waals surface area contributed by atoms with Crippen molar-refractivity contribution in [2.24, 2.45) is 5.73 Å². The molecule has 66 heavy (non-hydrogen) atoms. The van der Waals surface area contributed by atoms with Crippen molar-refractivity contribution in [2.45, 2.75) is 296 Å². The van der Waals surface area contributed by atoms with Gasteiger partial charge >= 0.3 is 25.7 Å². The molecule has 0 rings (SSSR count). The quantitative estimate of drug-likeness (QED) is 0.0229. The fraction of sp³-hybridized carbons (Fsp3) is 0.907. The standard InChI is InChI=1S/C54H104NO10P/c1-3-5-7-9-11-13-15-17-19-21-23-24-25-26-28-30-32-34-36-38-40-42-44-46-53(57)65-50(48-63-66(60,61)64-49-51(55)54(58)59)47-62-52(56)45-43-41-39-37-35-33-31-29-27-22-20-18-16-14-12-10-8-6-4-2/h18,20,50-51H,3-17,19,21-49,55H2,1-2H3,(H,58,59)(H,60,61)/b20-18+/t50-,51+/m1/s1. The second-order valence-corrected chi connectivity index (χ2v) is 20.5. The van der Waals surface area contributed by atoms with Crippen molar-refractivity contribution in [3.05, 3.63) is 12.2 Å². The summed E-state index contributed by atoms with van der Waals surface area (Å²) in [5.41, 5.74) is 5.36. The lowest BCUT2D eigenvalue weighted by Gasteiger charge is -2.20. The number of allylic oxidation sites excluding steroid dienone is 2. The van der Waals surface area contributed by atoms with Crippen molar-refractivity contribution in [1.82, 2.24) is 0 Å². The lowest BCUT2D eigenvalue weighted by Crippen LogP contribution is -2.34. The Balaban J connectivity index is 4.15. The number of esters is 2. The van der Waals surface area contributed by atoms with Gasteiger partial charge in [0, 0.05) is 12.8 Å². The molecule has 0 heterocycles. The Morgan fingerprint density at radius 2 is 0.758 bits per heavy atom. The molecule has 12 heteroatoms. The number of aliphatic carboxylic acids is 1. The minimum absolute atomic E-state index is 0.168. The van der Waals surface area contributed by atoms with Crippen molar-refractivity contribution in [1.29, 1.82) is 0 Å². The van der Waals surface area contributed by atoms with E-state index in [1.807, 2.05) is 0 Å². The largest absolute Gasteiger partial charge is 0.480 e. The van der Waals surface area contributed by atoms with E-state index >= 15 is 0 Å². The zero-order valence-corrected chi connectivity index (χ0v) is 43.7. The van der Waals surface area contributed by atoms with Crippen LogP contribution in [0.1, 0.15) is 284 Å². The van der Waals surface area contributed by atoms with Crippen LogP contribution in [0.5, 0.6) is 0 Å². The molecule has 3 atom stereocenters. The first kappa shape index (κ1) is 64.2. The van der Waals surface area contributed by atoms with Crippen LogP contribution in [0.3, 0.4) is 0 Å². The van der Waals surface area contributed by atoms with Gasteiger partial charge in [0.15, 0.2) is 6.10 Å². The maximum Gasteiger partial charge on any atom is 0.472 e. The molecule has 0 spiro atoms. The van der Waals surface area contributed by atoms with Crippen molar-refractivity contribution in [3.63, 3.8) is 0 Å². The van der Waals surface area contributed by atoms with Crippen LogP contribution >= 0.6 is 7.82 Å². The van der Waals surface area contributed by atoms with Crippen molar-refractivity contribution >= 4 is 25.7 Å². The molecule has 0 aliphatic heterocycles. The van der Waals surface area contributed by atoms with Crippen LogP contribution in [0.25, 0.3) is 0 Å². The van der Waals surface area contributed by atoms with E-state index in [0.717, 1.165) is 38.5 Å². The Hall–Kier alpha value is -1.78. The topological polar surface area (TPSA) is 172 Å². The van der Waals surface area contributed by atoms with Gasteiger partial charge in [0.25, 0.3) is 0 Å². The van der Waals surface area contributed by atoms with Gasteiger partial charge < -0.3 is 25.2 Å². The summed E-state index contributed by atoms with van der Waals surface area (Å²) in [7, 11) is -4.72. The molecule has 390 valence electrons. The van der Waals surface area contributed by atoms with Gasteiger partial charge in [0.05, 0.1) is 13.2 Å². The molecular weight excluding hydrogens is 854 g/mol. The van der Waals surface area contributed by atoms with E-state index in [0.29, 0.717) is 12.8 Å². The summed E-state index contributed by atoms with van der Waals surface area (Å²) in [6.07, 6.45) is 54.2. The second-order valence-electron chi connectivity index (χ2n) is 19.1. The fourth-order valence-electron chi connectivity index (χ4n) is 8.18. The molecule has 0 radical (unpaired) electrons. The average Bonchev–Trinajstić information content (AvgIpc) is 3.30. The highest BCUT2D eigenvalue weighted by Crippen LogP contribution is 2.43. The smallest absolute Gasteiger partial charge is 0.472 e. The molecule has 1 unspecified atom stereocenters. The summed E-state index contributed by atoms with van der Waals surface area (Å²) in [5, 5.41) is 8.93. The molecule has 11 nitrogen and oxygen atoms in total. The molecule has 0 aliphatic carbocycles. The highest BCUT2D eigenvalue weighted by molar-refractivity contribution is 7.47. The number of phosphoric acid groups is 1. The van der Waals surface area contributed by atoms with E-state index in [-0.39, 0.29) is 19.4 Å². The van der Waals surface area contributed by atoms with Gasteiger partial charge in [-0.1, -0.05) is 244 Å². The van der Waals surface area contributed by atoms with Gasteiger partial charge in [-0.25, -0.2) is 4.57 Å². The Bertz CT molecular complexity index is 1170. The number of hydrogen-bond acceptors (Lipinski definition) is 9. The van der Waals surface area contributed by atoms with Crippen molar-refractivity contribution in [2.75, 3.05) is 19.8 Å². The van der Waals surface area contributed by atoms with Crippen molar-refractivity contribution in [3.8, 4) is 0 Å². The van der Waals surface area contributed by atoms with E-state index < -0.39 is 51.1 Å². The van der Waals surface area contributed by atoms with E-state index in [1.54, 1.807) is 0 Å². The van der Waals surface area contributed by atoms with Crippen LogP contribution < -0.4 is 5.73 Å². The average molecular weight is 958 g/mol. The van der Waals surface area contributed by atoms with Crippen LogP contribution in [0, 0.1) is 0 Å². The third kappa shape index (κ3) is 48.7. The zero-order valence-electron chi connectivity index (χ0n) is 42.8. The first-order chi connectivity index (χ1) is 32.1. The van der Waals surface area contributed by atoms with Gasteiger partial charge in [0.1, 0.15) is 12.6 Å². The predicted molar refractivity (Wildman–Crippen MR) is 273 cm³/mol. The van der Waals surface area contributed by atoms with Gasteiger partial charge in [-0.2, -0.15) is 0 Å². The Labute approximate surface area is 405 Å². The summed E-state index contributed by atoms with van der Waals surface area (Å²) in [6.45, 7) is 2.87. The van der Waals surface area contributed by atoms with Crippen LogP contribution in [0.4, 0.5) is 0 Å². The molecule has 0 saturated heterocycles. The number of rotatable bonds is 53. The summed E-state index contributed by atoms with van der Waals surface area (Å²) >= 11 is 0. The summed E-state index contributed by atoms with van der Waals surface area (Å²) in [5.74, 6) is -2.36. The van der Waals surface area contributed by atoms with E-state index in [2.05, 4.69) is 26.0 Å². The first-order valence-electron chi connectivity index (χ1n) is 27.7. The van der Waals surface area contributed by atoms with Gasteiger partial charge in [-0.3, -0.25) is 23.4 Å². The number of ether oxygens (including phenoxy) is 2. The van der Waals surface area contributed by atoms with E-state index in [4.69, 9.17) is 29.4 Å². The number of hydrogen-bond donors (Lipinski definition) is 3. The number of carboxylic acids is 1. The molecule has 0 aromatic rings. The third-order valence-electron chi connectivity index (χ3n) is 12.5. The number of carbonyl (C=O) groups excluding carboxylic acids is 2. The van der Waals surface area contributed by atoms with Crippen molar-refractivity contribution < 1.29 is 47.5 Å². The first-order valence-corrected chi connectivity index (χ1v) is 29.2. The fourth-order valence-corrected chi connectivity index (χ4v) is 8.96. The Morgan fingerprint density at radius 3 is 1.11 bits per heavy atom. The summed E-state index contributed by atoms with van der Waals surface area (Å²) in [6, 6.07) is -1.52. The highest BCUT2D eigenvalue weighted by atomic mass is 31.2. The second kappa shape index (κ2) is 49.6. The SMILES string of the molecule is CCCCCCCC/C=C/CCCCCCCCCCCC(=O)OC[C@H](COP(=O)(O)OC[C@H](N)C(=O)O)OC(=O)CCCCCCCCCCCCCCCCCCCCCCCCC. The Kier molecular flexibility index (Phi) is 48.3. The number of phosphoric ester groups is 1. The monoisotopic (exact) mass is 958 g/mol. The zero-order chi connectivity index (χ0) is 48.4. The molecule has 0 saturated carbocycles. The van der Waals surface area contributed by atoms with Crippen LogP contribution in [-0.4, -0.2) is 59.9 Å². The van der Waals surface area contributed by atoms with Crippen LogP contribution in [-0.2, 0) is 37.5 Å². The highest BCUT2D eigenvalue weighted by Gasteiger charge is 2.28. The maximum atomic E-state index is 12.7. The van der Waals surface area contributed by atoms with Gasteiger partial charge in [-0.15, -0.1) is 0 Å².